The van der Waals surface area contributed by atoms with E-state index in [1.165, 1.54) is 0 Å². The SMILES string of the molecule is O=P(O)(O)CN(Cc1ccc(Cl)cc1)CP(=O)(O)O. The molecule has 0 aliphatic carbocycles. The van der Waals surface area contributed by atoms with Gasteiger partial charge in [0, 0.05) is 11.6 Å². The van der Waals surface area contributed by atoms with Gasteiger partial charge in [0.15, 0.2) is 0 Å². The van der Waals surface area contributed by atoms with Crippen LogP contribution in [0.25, 0.3) is 0 Å². The van der Waals surface area contributed by atoms with Crippen molar-refractivity contribution < 1.29 is 28.7 Å². The Morgan fingerprint density at radius 1 is 0.947 bits per heavy atom. The minimum absolute atomic E-state index is 0.00733. The second-order valence-electron chi connectivity index (χ2n) is 4.07. The van der Waals surface area contributed by atoms with Gasteiger partial charge in [-0.3, -0.25) is 14.0 Å². The smallest absolute Gasteiger partial charge is 0.324 e. The standard InChI is InChI=1S/C9H14ClNO6P2/c10-9-3-1-8(2-4-9)5-11(6-18(12,13)14)7-19(15,16)17/h1-4H,5-7H2,(H2,12,13,14)(H2,15,16,17). The summed E-state index contributed by atoms with van der Waals surface area (Å²) in [6.45, 7) is 0.00733. The highest BCUT2D eigenvalue weighted by molar-refractivity contribution is 7.52. The first-order valence-electron chi connectivity index (χ1n) is 5.11. The van der Waals surface area contributed by atoms with Gasteiger partial charge in [0.2, 0.25) is 0 Å². The summed E-state index contributed by atoms with van der Waals surface area (Å²) in [7, 11) is -8.80. The van der Waals surface area contributed by atoms with Crippen LogP contribution in [-0.4, -0.2) is 37.0 Å². The Bertz CT molecular complexity index is 486. The number of hydrogen-bond acceptors (Lipinski definition) is 3. The summed E-state index contributed by atoms with van der Waals surface area (Å²) < 4.78 is 21.9. The molecule has 1 aromatic carbocycles. The molecule has 0 saturated heterocycles. The van der Waals surface area contributed by atoms with Crippen molar-refractivity contribution in [3.8, 4) is 0 Å². The van der Waals surface area contributed by atoms with Crippen LogP contribution in [0.4, 0.5) is 0 Å². The molecular weight excluding hydrogens is 316 g/mol. The van der Waals surface area contributed by atoms with Gasteiger partial charge < -0.3 is 19.6 Å². The fourth-order valence-electron chi connectivity index (χ4n) is 1.51. The molecule has 0 fully saturated rings. The molecule has 0 aromatic heterocycles. The molecule has 19 heavy (non-hydrogen) atoms. The van der Waals surface area contributed by atoms with Crippen molar-refractivity contribution >= 4 is 26.8 Å². The van der Waals surface area contributed by atoms with E-state index in [2.05, 4.69) is 0 Å². The molecule has 0 spiro atoms. The monoisotopic (exact) mass is 329 g/mol. The van der Waals surface area contributed by atoms with Crippen LogP contribution >= 0.6 is 26.8 Å². The molecule has 108 valence electrons. The number of benzene rings is 1. The van der Waals surface area contributed by atoms with E-state index >= 15 is 0 Å². The minimum atomic E-state index is -4.40. The lowest BCUT2D eigenvalue weighted by atomic mass is 10.2. The Morgan fingerprint density at radius 2 is 1.37 bits per heavy atom. The fraction of sp³-hybridized carbons (Fsp3) is 0.333. The summed E-state index contributed by atoms with van der Waals surface area (Å²) in [5, 5.41) is 0.500. The van der Waals surface area contributed by atoms with E-state index in [1.54, 1.807) is 24.3 Å². The van der Waals surface area contributed by atoms with Crippen LogP contribution in [0.5, 0.6) is 0 Å². The summed E-state index contributed by atoms with van der Waals surface area (Å²) in [6, 6.07) is 6.41. The third kappa shape index (κ3) is 7.82. The van der Waals surface area contributed by atoms with Gasteiger partial charge in [0.25, 0.3) is 0 Å². The lowest BCUT2D eigenvalue weighted by Gasteiger charge is -2.23. The molecule has 0 heterocycles. The van der Waals surface area contributed by atoms with Crippen LogP contribution < -0.4 is 0 Å². The highest BCUT2D eigenvalue weighted by Crippen LogP contribution is 2.41. The Morgan fingerprint density at radius 3 is 1.74 bits per heavy atom. The van der Waals surface area contributed by atoms with Gasteiger partial charge in [-0.2, -0.15) is 0 Å². The summed E-state index contributed by atoms with van der Waals surface area (Å²) in [5.74, 6) is 0. The van der Waals surface area contributed by atoms with Crippen molar-refractivity contribution in [2.24, 2.45) is 0 Å². The van der Waals surface area contributed by atoms with Crippen molar-refractivity contribution in [1.82, 2.24) is 4.90 Å². The number of rotatable bonds is 6. The first-order valence-corrected chi connectivity index (χ1v) is 9.08. The third-order valence-electron chi connectivity index (χ3n) is 2.09. The zero-order valence-corrected chi connectivity index (χ0v) is 12.3. The fourth-order valence-corrected chi connectivity index (χ4v) is 3.24. The zero-order chi connectivity index (χ0) is 14.7. The van der Waals surface area contributed by atoms with Gasteiger partial charge in [-0.05, 0) is 17.7 Å². The largest absolute Gasteiger partial charge is 0.339 e. The molecule has 0 radical (unpaired) electrons. The van der Waals surface area contributed by atoms with Gasteiger partial charge in [0.1, 0.15) is 12.6 Å². The molecule has 0 aliphatic heterocycles. The number of nitrogens with zero attached hydrogens (tertiary/aromatic N) is 1. The van der Waals surface area contributed by atoms with E-state index in [9.17, 15) is 9.13 Å². The van der Waals surface area contributed by atoms with Gasteiger partial charge >= 0.3 is 15.2 Å². The maximum atomic E-state index is 11.0. The first kappa shape index (κ1) is 16.8. The van der Waals surface area contributed by atoms with Crippen LogP contribution in [-0.2, 0) is 15.7 Å². The molecule has 1 aromatic rings. The molecule has 7 nitrogen and oxygen atoms in total. The predicted octanol–water partition coefficient (Wildman–Crippen LogP) is 1.41. The van der Waals surface area contributed by atoms with E-state index in [0.29, 0.717) is 10.6 Å². The third-order valence-corrected chi connectivity index (χ3v) is 3.88. The molecule has 0 aliphatic rings. The molecule has 0 amide bonds. The van der Waals surface area contributed by atoms with Crippen molar-refractivity contribution in [3.63, 3.8) is 0 Å². The van der Waals surface area contributed by atoms with Crippen LogP contribution in [0.1, 0.15) is 5.56 Å². The maximum Gasteiger partial charge on any atom is 0.339 e. The summed E-state index contributed by atoms with van der Waals surface area (Å²) in [4.78, 5) is 36.6. The van der Waals surface area contributed by atoms with Crippen molar-refractivity contribution in [2.75, 3.05) is 12.6 Å². The Hall–Kier alpha value is -0.230. The molecule has 1 rings (SSSR count). The van der Waals surface area contributed by atoms with Crippen LogP contribution in [0, 0.1) is 0 Å². The second kappa shape index (κ2) is 6.48. The topological polar surface area (TPSA) is 118 Å². The average Bonchev–Trinajstić information content (AvgIpc) is 2.16. The molecule has 0 atom stereocenters. The van der Waals surface area contributed by atoms with Gasteiger partial charge in [-0.25, -0.2) is 0 Å². The Balaban J connectivity index is 2.82. The highest BCUT2D eigenvalue weighted by atomic mass is 35.5. The van der Waals surface area contributed by atoms with Crippen LogP contribution in [0.15, 0.2) is 24.3 Å². The van der Waals surface area contributed by atoms with E-state index in [0.717, 1.165) is 4.90 Å². The van der Waals surface area contributed by atoms with E-state index in [1.807, 2.05) is 0 Å². The summed E-state index contributed by atoms with van der Waals surface area (Å²) >= 11 is 5.70. The summed E-state index contributed by atoms with van der Waals surface area (Å²) in [6.07, 6.45) is -1.44. The van der Waals surface area contributed by atoms with Crippen molar-refractivity contribution in [1.29, 1.82) is 0 Å². The molecule has 0 bridgehead atoms. The maximum absolute atomic E-state index is 11.0. The lowest BCUT2D eigenvalue weighted by Crippen LogP contribution is -2.25. The highest BCUT2D eigenvalue weighted by Gasteiger charge is 2.25. The van der Waals surface area contributed by atoms with Gasteiger partial charge in [-0.15, -0.1) is 0 Å². The van der Waals surface area contributed by atoms with Crippen molar-refractivity contribution in [2.45, 2.75) is 6.54 Å². The second-order valence-corrected chi connectivity index (χ2v) is 7.73. The molecule has 10 heteroatoms. The Kier molecular flexibility index (Phi) is 5.74. The molecule has 0 unspecified atom stereocenters. The average molecular weight is 330 g/mol. The van der Waals surface area contributed by atoms with Crippen molar-refractivity contribution in [3.05, 3.63) is 34.9 Å². The quantitative estimate of drug-likeness (QED) is 0.583. The minimum Gasteiger partial charge on any atom is -0.324 e. The normalized spacial score (nSPS) is 12.9. The molecule has 4 N–H and O–H groups in total. The predicted molar refractivity (Wildman–Crippen MR) is 70.8 cm³/mol. The van der Waals surface area contributed by atoms with E-state index < -0.39 is 27.8 Å². The first-order chi connectivity index (χ1) is 8.55. The Labute approximate surface area is 115 Å². The summed E-state index contributed by atoms with van der Waals surface area (Å²) in [5.41, 5.74) is 0.645. The molecular formula is C9H14ClNO6P2. The van der Waals surface area contributed by atoms with Crippen LogP contribution in [0.2, 0.25) is 5.02 Å². The van der Waals surface area contributed by atoms with E-state index in [4.69, 9.17) is 31.2 Å². The molecule has 0 saturated carbocycles. The number of halogens is 1. The zero-order valence-electron chi connectivity index (χ0n) is 9.76. The van der Waals surface area contributed by atoms with Gasteiger partial charge in [0.05, 0.1) is 0 Å². The number of hydrogen-bond donors (Lipinski definition) is 4. The van der Waals surface area contributed by atoms with Crippen LogP contribution in [0.3, 0.4) is 0 Å². The van der Waals surface area contributed by atoms with E-state index in [-0.39, 0.29) is 6.54 Å². The van der Waals surface area contributed by atoms with Gasteiger partial charge in [-0.1, -0.05) is 23.7 Å². The lowest BCUT2D eigenvalue weighted by molar-refractivity contribution is 0.273.